The zero-order valence-corrected chi connectivity index (χ0v) is 19.7. The van der Waals surface area contributed by atoms with Crippen molar-refractivity contribution in [2.24, 2.45) is 11.3 Å². The van der Waals surface area contributed by atoms with Crippen molar-refractivity contribution in [3.63, 3.8) is 0 Å². The van der Waals surface area contributed by atoms with Crippen LogP contribution in [0.15, 0.2) is 24.3 Å². The molecule has 1 aromatic carbocycles. The molecule has 1 heterocycles. The summed E-state index contributed by atoms with van der Waals surface area (Å²) in [5, 5.41) is 0. The molecule has 3 fully saturated rings. The van der Waals surface area contributed by atoms with Gasteiger partial charge in [0.05, 0.1) is 6.17 Å². The summed E-state index contributed by atoms with van der Waals surface area (Å²) < 4.78 is 0. The van der Waals surface area contributed by atoms with E-state index in [2.05, 4.69) is 68.7 Å². The van der Waals surface area contributed by atoms with Gasteiger partial charge in [-0.05, 0) is 62.5 Å². The number of aryl methyl sites for hydroxylation is 1. The third-order valence-corrected chi connectivity index (χ3v) is 8.12. The molecule has 2 heteroatoms. The van der Waals surface area contributed by atoms with Crippen LogP contribution in [0.4, 0.5) is 5.69 Å². The zero-order valence-electron chi connectivity index (χ0n) is 19.7. The molecule has 0 aromatic heterocycles. The predicted molar refractivity (Wildman–Crippen MR) is 125 cm³/mol. The Hall–Kier alpha value is -1.02. The summed E-state index contributed by atoms with van der Waals surface area (Å²) in [6.45, 7) is 12.3. The van der Waals surface area contributed by atoms with Crippen molar-refractivity contribution < 1.29 is 0 Å². The molecule has 0 N–H and O–H groups in total. The van der Waals surface area contributed by atoms with Crippen LogP contribution in [0.1, 0.15) is 97.5 Å². The first-order valence-electron chi connectivity index (χ1n) is 12.5. The van der Waals surface area contributed by atoms with Crippen LogP contribution in [0.2, 0.25) is 0 Å². The Bertz CT molecular complexity index is 663. The van der Waals surface area contributed by atoms with Gasteiger partial charge < -0.3 is 4.90 Å². The SMILES string of the molecule is Cc1ccccc1N1C(C(C)(C)C)N(C2CCCCC2)C(C2CCCCC2)[C@@H]1C. The molecule has 2 unspecified atom stereocenters. The van der Waals surface area contributed by atoms with Crippen LogP contribution in [-0.2, 0) is 0 Å². The minimum atomic E-state index is 0.234. The van der Waals surface area contributed by atoms with Gasteiger partial charge in [0.2, 0.25) is 0 Å². The second-order valence-electron chi connectivity index (χ2n) is 11.3. The van der Waals surface area contributed by atoms with E-state index in [0.717, 1.165) is 12.0 Å². The topological polar surface area (TPSA) is 6.48 Å². The summed E-state index contributed by atoms with van der Waals surface area (Å²) in [7, 11) is 0. The fourth-order valence-electron chi connectivity index (χ4n) is 6.95. The van der Waals surface area contributed by atoms with Crippen LogP contribution >= 0.6 is 0 Å². The van der Waals surface area contributed by atoms with Gasteiger partial charge in [0, 0.05) is 23.8 Å². The number of rotatable bonds is 3. The maximum atomic E-state index is 3.08. The smallest absolute Gasteiger partial charge is 0.0879 e. The fraction of sp³-hybridized carbons (Fsp3) is 0.778. The first kappa shape index (κ1) is 21.2. The number of nitrogens with zero attached hydrogens (tertiary/aromatic N) is 2. The summed E-state index contributed by atoms with van der Waals surface area (Å²) in [6.07, 6.45) is 14.8. The third kappa shape index (κ3) is 4.11. The van der Waals surface area contributed by atoms with Crippen molar-refractivity contribution in [1.82, 2.24) is 4.90 Å². The summed E-state index contributed by atoms with van der Waals surface area (Å²) in [5.41, 5.74) is 3.14. The molecule has 3 aliphatic rings. The van der Waals surface area contributed by atoms with Crippen molar-refractivity contribution in [1.29, 1.82) is 0 Å². The van der Waals surface area contributed by atoms with Crippen LogP contribution in [0.25, 0.3) is 0 Å². The average molecular weight is 397 g/mol. The van der Waals surface area contributed by atoms with Gasteiger partial charge in [-0.2, -0.15) is 0 Å². The molecule has 0 bridgehead atoms. The Labute approximate surface area is 180 Å². The van der Waals surface area contributed by atoms with E-state index in [1.54, 1.807) is 0 Å². The molecule has 2 nitrogen and oxygen atoms in total. The molecule has 3 atom stereocenters. The summed E-state index contributed by atoms with van der Waals surface area (Å²) in [5.74, 6) is 0.875. The van der Waals surface area contributed by atoms with Crippen LogP contribution in [0, 0.1) is 18.3 Å². The highest BCUT2D eigenvalue weighted by molar-refractivity contribution is 5.56. The second-order valence-corrected chi connectivity index (χ2v) is 11.3. The molecule has 29 heavy (non-hydrogen) atoms. The van der Waals surface area contributed by atoms with Gasteiger partial charge >= 0.3 is 0 Å². The molecule has 162 valence electrons. The fourth-order valence-corrected chi connectivity index (χ4v) is 6.95. The normalized spacial score (nSPS) is 30.8. The van der Waals surface area contributed by atoms with Crippen molar-refractivity contribution in [3.05, 3.63) is 29.8 Å². The molecule has 1 saturated heterocycles. The van der Waals surface area contributed by atoms with Gasteiger partial charge in [-0.15, -0.1) is 0 Å². The van der Waals surface area contributed by atoms with Crippen LogP contribution < -0.4 is 4.90 Å². The monoisotopic (exact) mass is 396 g/mol. The lowest BCUT2D eigenvalue weighted by Gasteiger charge is -2.47. The molecule has 1 aromatic rings. The minimum Gasteiger partial charge on any atom is -0.351 e. The zero-order chi connectivity index (χ0) is 20.6. The highest BCUT2D eigenvalue weighted by Crippen LogP contribution is 2.48. The largest absolute Gasteiger partial charge is 0.351 e. The number of para-hydroxylation sites is 1. The van der Waals surface area contributed by atoms with Crippen LogP contribution in [0.3, 0.4) is 0 Å². The Morgan fingerprint density at radius 3 is 2.00 bits per heavy atom. The number of anilines is 1. The highest BCUT2D eigenvalue weighted by atomic mass is 15.5. The van der Waals surface area contributed by atoms with Gasteiger partial charge in [-0.25, -0.2) is 0 Å². The molecule has 0 amide bonds. The number of hydrogen-bond acceptors (Lipinski definition) is 2. The Kier molecular flexibility index (Phi) is 6.30. The third-order valence-electron chi connectivity index (χ3n) is 8.12. The van der Waals surface area contributed by atoms with Crippen molar-refractivity contribution in [2.45, 2.75) is 123 Å². The first-order chi connectivity index (χ1) is 13.9. The van der Waals surface area contributed by atoms with Gasteiger partial charge in [-0.1, -0.05) is 77.5 Å². The molecule has 0 spiro atoms. The van der Waals surface area contributed by atoms with Crippen molar-refractivity contribution in [2.75, 3.05) is 4.90 Å². The van der Waals surface area contributed by atoms with Crippen LogP contribution in [-0.4, -0.2) is 29.2 Å². The summed E-state index contributed by atoms with van der Waals surface area (Å²) in [6, 6.07) is 11.2. The molecule has 2 aliphatic carbocycles. The van der Waals surface area contributed by atoms with E-state index in [1.807, 2.05) is 0 Å². The lowest BCUT2D eigenvalue weighted by Crippen LogP contribution is -2.55. The Balaban J connectivity index is 1.79. The highest BCUT2D eigenvalue weighted by Gasteiger charge is 2.54. The van der Waals surface area contributed by atoms with Gasteiger partial charge in [0.25, 0.3) is 0 Å². The summed E-state index contributed by atoms with van der Waals surface area (Å²) >= 11 is 0. The Morgan fingerprint density at radius 1 is 0.828 bits per heavy atom. The molecule has 4 rings (SSSR count). The lowest BCUT2D eigenvalue weighted by atomic mass is 9.79. The van der Waals surface area contributed by atoms with E-state index in [0.29, 0.717) is 18.2 Å². The van der Waals surface area contributed by atoms with Crippen LogP contribution in [0.5, 0.6) is 0 Å². The van der Waals surface area contributed by atoms with Gasteiger partial charge in [0.15, 0.2) is 0 Å². The van der Waals surface area contributed by atoms with E-state index in [9.17, 15) is 0 Å². The minimum absolute atomic E-state index is 0.234. The summed E-state index contributed by atoms with van der Waals surface area (Å²) in [4.78, 5) is 5.93. The molecule has 1 aliphatic heterocycles. The number of hydrogen-bond donors (Lipinski definition) is 0. The quantitative estimate of drug-likeness (QED) is 0.535. The van der Waals surface area contributed by atoms with Gasteiger partial charge in [0.1, 0.15) is 0 Å². The molecule has 0 radical (unpaired) electrons. The molecular formula is C27H44N2. The van der Waals surface area contributed by atoms with E-state index in [-0.39, 0.29) is 5.41 Å². The standard InChI is InChI=1S/C27H44N2/c1-20-14-12-13-19-24(20)28-21(2)25(22-15-8-6-9-16-22)29(26(28)27(3,4)5)23-17-10-7-11-18-23/h12-14,19,21-23,25-26H,6-11,15-18H2,1-5H3/t21-,25?,26?/m0/s1. The first-order valence-corrected chi connectivity index (χ1v) is 12.5. The average Bonchev–Trinajstić information content (AvgIpc) is 3.03. The number of benzene rings is 1. The lowest BCUT2D eigenvalue weighted by molar-refractivity contribution is 0.0177. The van der Waals surface area contributed by atoms with E-state index >= 15 is 0 Å². The molecular weight excluding hydrogens is 352 g/mol. The van der Waals surface area contributed by atoms with E-state index in [4.69, 9.17) is 0 Å². The maximum Gasteiger partial charge on any atom is 0.0879 e. The van der Waals surface area contributed by atoms with Crippen molar-refractivity contribution in [3.8, 4) is 0 Å². The predicted octanol–water partition coefficient (Wildman–Crippen LogP) is 7.16. The Morgan fingerprint density at radius 2 is 1.41 bits per heavy atom. The maximum absolute atomic E-state index is 3.08. The van der Waals surface area contributed by atoms with Gasteiger partial charge in [-0.3, -0.25) is 4.90 Å². The molecule has 2 saturated carbocycles. The van der Waals surface area contributed by atoms with Crippen molar-refractivity contribution >= 4 is 5.69 Å². The van der Waals surface area contributed by atoms with E-state index in [1.165, 1.54) is 75.5 Å². The second kappa shape index (κ2) is 8.61. The van der Waals surface area contributed by atoms with E-state index < -0.39 is 0 Å².